The Hall–Kier alpha value is -2.80. The molecular weight excluding hydrogens is 334 g/mol. The van der Waals surface area contributed by atoms with Gasteiger partial charge in [0, 0.05) is 24.8 Å². The minimum atomic E-state index is -0.0362. The number of nitrogens with two attached hydrogens (primary N) is 1. The number of nitrogens with zero attached hydrogens (tertiary/aromatic N) is 3. The first-order chi connectivity index (χ1) is 12.1. The molecule has 0 bridgehead atoms. The fourth-order valence-electron chi connectivity index (χ4n) is 2.30. The van der Waals surface area contributed by atoms with Crippen LogP contribution in [0.15, 0.2) is 59.8 Å². The summed E-state index contributed by atoms with van der Waals surface area (Å²) in [6.45, 7) is 0.524. The standard InChI is InChI=1S/C18H19N5OS/c1-23-17(14-7-9-15(19)10-8-14)21-22-18(23)25-12-16(24)20-11-13-5-3-2-4-6-13/h2-10H,11-12,19H2,1H3,(H,20,24). The Morgan fingerprint density at radius 3 is 2.56 bits per heavy atom. The van der Waals surface area contributed by atoms with Gasteiger partial charge in [-0.05, 0) is 29.8 Å². The van der Waals surface area contributed by atoms with Crippen molar-refractivity contribution in [1.29, 1.82) is 0 Å². The second-order valence-electron chi connectivity index (χ2n) is 5.54. The predicted octanol–water partition coefficient (Wildman–Crippen LogP) is 2.47. The molecule has 3 N–H and O–H groups in total. The maximum Gasteiger partial charge on any atom is 0.230 e. The van der Waals surface area contributed by atoms with Gasteiger partial charge in [-0.1, -0.05) is 42.1 Å². The number of nitrogen functional groups attached to an aromatic ring is 1. The van der Waals surface area contributed by atoms with Crippen LogP contribution in [-0.2, 0) is 18.4 Å². The first kappa shape index (κ1) is 17.0. The zero-order valence-corrected chi connectivity index (χ0v) is 14.7. The van der Waals surface area contributed by atoms with Crippen LogP contribution in [0.25, 0.3) is 11.4 Å². The van der Waals surface area contributed by atoms with Crippen molar-refractivity contribution < 1.29 is 4.79 Å². The molecule has 0 unspecified atom stereocenters. The van der Waals surface area contributed by atoms with Crippen LogP contribution >= 0.6 is 11.8 Å². The van der Waals surface area contributed by atoms with Crippen molar-refractivity contribution in [3.63, 3.8) is 0 Å². The molecule has 2 aromatic carbocycles. The number of benzene rings is 2. The molecule has 0 aliphatic carbocycles. The molecule has 0 aliphatic heterocycles. The first-order valence-corrected chi connectivity index (χ1v) is 8.81. The fourth-order valence-corrected chi connectivity index (χ4v) is 3.04. The molecule has 0 saturated heterocycles. The molecule has 3 aromatic rings. The molecule has 1 heterocycles. The van der Waals surface area contributed by atoms with Gasteiger partial charge in [-0.2, -0.15) is 0 Å². The highest BCUT2D eigenvalue weighted by molar-refractivity contribution is 7.99. The van der Waals surface area contributed by atoms with Crippen LogP contribution < -0.4 is 11.1 Å². The summed E-state index contributed by atoms with van der Waals surface area (Å²) >= 11 is 1.36. The predicted molar refractivity (Wildman–Crippen MR) is 99.9 cm³/mol. The largest absolute Gasteiger partial charge is 0.399 e. The number of hydrogen-bond donors (Lipinski definition) is 2. The van der Waals surface area contributed by atoms with E-state index >= 15 is 0 Å². The second-order valence-corrected chi connectivity index (χ2v) is 6.48. The lowest BCUT2D eigenvalue weighted by Crippen LogP contribution is -2.24. The number of carbonyl (C=O) groups excluding carboxylic acids is 1. The number of amides is 1. The Kier molecular flexibility index (Phi) is 5.35. The average molecular weight is 353 g/mol. The highest BCUT2D eigenvalue weighted by Gasteiger charge is 2.12. The molecule has 0 aliphatic rings. The first-order valence-electron chi connectivity index (χ1n) is 7.82. The number of hydrogen-bond acceptors (Lipinski definition) is 5. The van der Waals surface area contributed by atoms with Gasteiger partial charge in [0.1, 0.15) is 0 Å². The third kappa shape index (κ3) is 4.39. The molecule has 0 radical (unpaired) electrons. The van der Waals surface area contributed by atoms with Crippen LogP contribution in [0.4, 0.5) is 5.69 Å². The average Bonchev–Trinajstić information content (AvgIpc) is 3.00. The summed E-state index contributed by atoms with van der Waals surface area (Å²) in [7, 11) is 1.88. The van der Waals surface area contributed by atoms with Gasteiger partial charge in [0.05, 0.1) is 5.75 Å². The van der Waals surface area contributed by atoms with Gasteiger partial charge in [-0.3, -0.25) is 4.79 Å². The lowest BCUT2D eigenvalue weighted by atomic mass is 10.2. The van der Waals surface area contributed by atoms with Crippen molar-refractivity contribution >= 4 is 23.4 Å². The van der Waals surface area contributed by atoms with Gasteiger partial charge in [-0.25, -0.2) is 0 Å². The molecule has 0 saturated carbocycles. The van der Waals surface area contributed by atoms with E-state index in [9.17, 15) is 4.79 Å². The van der Waals surface area contributed by atoms with Crippen LogP contribution in [0.2, 0.25) is 0 Å². The van der Waals surface area contributed by atoms with E-state index in [4.69, 9.17) is 5.73 Å². The zero-order chi connectivity index (χ0) is 17.6. The van der Waals surface area contributed by atoms with E-state index in [0.717, 1.165) is 17.0 Å². The maximum atomic E-state index is 12.0. The quantitative estimate of drug-likeness (QED) is 0.525. The highest BCUT2D eigenvalue weighted by Crippen LogP contribution is 2.23. The van der Waals surface area contributed by atoms with Crippen LogP contribution in [0.3, 0.4) is 0 Å². The van der Waals surface area contributed by atoms with E-state index in [1.54, 1.807) is 0 Å². The minimum Gasteiger partial charge on any atom is -0.399 e. The summed E-state index contributed by atoms with van der Waals surface area (Å²) in [5, 5.41) is 12.0. The summed E-state index contributed by atoms with van der Waals surface area (Å²) in [5.74, 6) is 0.999. The Morgan fingerprint density at radius 1 is 1.12 bits per heavy atom. The van der Waals surface area contributed by atoms with Crippen molar-refractivity contribution in [1.82, 2.24) is 20.1 Å². The maximum absolute atomic E-state index is 12.0. The Morgan fingerprint density at radius 2 is 1.84 bits per heavy atom. The van der Waals surface area contributed by atoms with Crippen molar-refractivity contribution in [3.8, 4) is 11.4 Å². The van der Waals surface area contributed by atoms with Gasteiger partial charge >= 0.3 is 0 Å². The summed E-state index contributed by atoms with van der Waals surface area (Å²) < 4.78 is 1.88. The summed E-state index contributed by atoms with van der Waals surface area (Å²) in [6, 6.07) is 17.3. The smallest absolute Gasteiger partial charge is 0.230 e. The van der Waals surface area contributed by atoms with E-state index in [-0.39, 0.29) is 5.91 Å². The highest BCUT2D eigenvalue weighted by atomic mass is 32.2. The third-order valence-electron chi connectivity index (χ3n) is 3.67. The Balaban J connectivity index is 1.56. The lowest BCUT2D eigenvalue weighted by Gasteiger charge is -2.06. The summed E-state index contributed by atoms with van der Waals surface area (Å²) in [6.07, 6.45) is 0. The number of aromatic nitrogens is 3. The van der Waals surface area contributed by atoms with Crippen LogP contribution in [-0.4, -0.2) is 26.4 Å². The number of nitrogens with one attached hydrogen (secondary N) is 1. The molecule has 25 heavy (non-hydrogen) atoms. The molecule has 1 amide bonds. The fraction of sp³-hybridized carbons (Fsp3) is 0.167. The molecule has 0 atom stereocenters. The van der Waals surface area contributed by atoms with Crippen LogP contribution in [0.1, 0.15) is 5.56 Å². The number of rotatable bonds is 6. The van der Waals surface area contributed by atoms with E-state index < -0.39 is 0 Å². The van der Waals surface area contributed by atoms with Gasteiger partial charge in [-0.15, -0.1) is 10.2 Å². The third-order valence-corrected chi connectivity index (χ3v) is 4.69. The van der Waals surface area contributed by atoms with Crippen molar-refractivity contribution in [3.05, 3.63) is 60.2 Å². The van der Waals surface area contributed by atoms with E-state index in [1.165, 1.54) is 11.8 Å². The number of carbonyl (C=O) groups is 1. The van der Waals surface area contributed by atoms with E-state index in [0.29, 0.717) is 23.1 Å². The van der Waals surface area contributed by atoms with E-state index in [2.05, 4.69) is 15.5 Å². The molecule has 0 fully saturated rings. The number of anilines is 1. The molecule has 6 nitrogen and oxygen atoms in total. The second kappa shape index (κ2) is 7.85. The van der Waals surface area contributed by atoms with Crippen LogP contribution in [0, 0.1) is 0 Å². The lowest BCUT2D eigenvalue weighted by molar-refractivity contribution is -0.118. The van der Waals surface area contributed by atoms with Gasteiger partial charge < -0.3 is 15.6 Å². The molecular formula is C18H19N5OS. The molecule has 3 rings (SSSR count). The van der Waals surface area contributed by atoms with E-state index in [1.807, 2.05) is 66.2 Å². The number of thioether (sulfide) groups is 1. The topological polar surface area (TPSA) is 85.8 Å². The van der Waals surface area contributed by atoms with Crippen LogP contribution in [0.5, 0.6) is 0 Å². The molecule has 0 spiro atoms. The molecule has 128 valence electrons. The van der Waals surface area contributed by atoms with Crippen molar-refractivity contribution in [2.75, 3.05) is 11.5 Å². The van der Waals surface area contributed by atoms with Gasteiger partial charge in [0.15, 0.2) is 11.0 Å². The zero-order valence-electron chi connectivity index (χ0n) is 13.8. The Bertz CT molecular complexity index is 846. The van der Waals surface area contributed by atoms with Gasteiger partial charge in [0.25, 0.3) is 0 Å². The normalized spacial score (nSPS) is 10.6. The summed E-state index contributed by atoms with van der Waals surface area (Å²) in [5.41, 5.74) is 8.42. The minimum absolute atomic E-state index is 0.0362. The molecule has 7 heteroatoms. The van der Waals surface area contributed by atoms with Gasteiger partial charge in [0.2, 0.25) is 5.91 Å². The Labute approximate surface area is 150 Å². The van der Waals surface area contributed by atoms with Crippen molar-refractivity contribution in [2.45, 2.75) is 11.7 Å². The SMILES string of the molecule is Cn1c(SCC(=O)NCc2ccccc2)nnc1-c1ccc(N)cc1. The monoisotopic (exact) mass is 353 g/mol. The van der Waals surface area contributed by atoms with Crippen molar-refractivity contribution in [2.24, 2.45) is 7.05 Å². The molecule has 1 aromatic heterocycles. The summed E-state index contributed by atoms with van der Waals surface area (Å²) in [4.78, 5) is 12.0.